The third kappa shape index (κ3) is 2.13. The Hall–Kier alpha value is -1.40. The van der Waals surface area contributed by atoms with Crippen molar-refractivity contribution in [2.75, 3.05) is 0 Å². The molecule has 0 amide bonds. The van der Waals surface area contributed by atoms with Crippen molar-refractivity contribution in [2.45, 2.75) is 13.1 Å². The van der Waals surface area contributed by atoms with E-state index in [1.54, 1.807) is 6.20 Å². The lowest BCUT2D eigenvalue weighted by Gasteiger charge is -2.04. The Morgan fingerprint density at radius 1 is 1.33 bits per heavy atom. The Labute approximate surface area is 117 Å². The van der Waals surface area contributed by atoms with Gasteiger partial charge in [0, 0.05) is 23.4 Å². The number of fused-ring (bicyclic) bond motifs is 1. The number of imidazole rings is 1. The lowest BCUT2D eigenvalue weighted by Crippen LogP contribution is -2.07. The van der Waals surface area contributed by atoms with Crippen molar-refractivity contribution in [1.82, 2.24) is 19.3 Å². The van der Waals surface area contributed by atoms with E-state index in [2.05, 4.69) is 36.6 Å². The number of aromatic amines is 1. The van der Waals surface area contributed by atoms with Crippen LogP contribution in [0.1, 0.15) is 0 Å². The molecular weight excluding hydrogens is 312 g/mol. The van der Waals surface area contributed by atoms with Crippen molar-refractivity contribution in [3.8, 4) is 0 Å². The van der Waals surface area contributed by atoms with Crippen LogP contribution in [-0.4, -0.2) is 19.3 Å². The summed E-state index contributed by atoms with van der Waals surface area (Å²) in [5.41, 5.74) is 2.17. The second-order valence-electron chi connectivity index (χ2n) is 4.01. The summed E-state index contributed by atoms with van der Waals surface area (Å²) < 4.78 is 5.79. The van der Waals surface area contributed by atoms with Crippen molar-refractivity contribution in [3.63, 3.8) is 0 Å². The van der Waals surface area contributed by atoms with E-state index in [1.807, 2.05) is 29.1 Å². The Kier molecular flexibility index (Phi) is 3.05. The smallest absolute Gasteiger partial charge is 0.178 e. The fourth-order valence-electron chi connectivity index (χ4n) is 1.99. The molecule has 0 atom stereocenters. The van der Waals surface area contributed by atoms with E-state index in [1.165, 1.54) is 0 Å². The van der Waals surface area contributed by atoms with Gasteiger partial charge < -0.3 is 9.55 Å². The summed E-state index contributed by atoms with van der Waals surface area (Å²) >= 11 is 8.81. The van der Waals surface area contributed by atoms with Gasteiger partial charge in [-0.05, 0) is 36.5 Å². The first-order valence-corrected chi connectivity index (χ1v) is 6.80. The summed E-state index contributed by atoms with van der Waals surface area (Å²) in [7, 11) is 0. The number of H-pyrrole nitrogens is 1. The molecule has 0 saturated carbocycles. The van der Waals surface area contributed by atoms with Crippen LogP contribution in [0.25, 0.3) is 11.0 Å². The Morgan fingerprint density at radius 2 is 2.22 bits per heavy atom. The molecule has 4 nitrogen and oxygen atoms in total. The van der Waals surface area contributed by atoms with Gasteiger partial charge in [0.25, 0.3) is 0 Å². The zero-order chi connectivity index (χ0) is 12.5. The number of hydrogen-bond donors (Lipinski definition) is 1. The summed E-state index contributed by atoms with van der Waals surface area (Å²) in [6, 6.07) is 8.05. The topological polar surface area (TPSA) is 38.5 Å². The molecular formula is C12H11BrN4S. The maximum Gasteiger partial charge on any atom is 0.178 e. The predicted molar refractivity (Wildman–Crippen MR) is 77.0 cm³/mol. The molecule has 1 aromatic carbocycles. The summed E-state index contributed by atoms with van der Waals surface area (Å²) in [6.07, 6.45) is 3.74. The molecule has 3 aromatic rings. The van der Waals surface area contributed by atoms with E-state index >= 15 is 0 Å². The van der Waals surface area contributed by atoms with E-state index < -0.39 is 0 Å². The molecule has 0 bridgehead atoms. The zero-order valence-corrected chi connectivity index (χ0v) is 11.9. The average Bonchev–Trinajstić information content (AvgIpc) is 2.93. The quantitative estimate of drug-likeness (QED) is 0.751. The lowest BCUT2D eigenvalue weighted by molar-refractivity contribution is 0.538. The van der Waals surface area contributed by atoms with Crippen molar-refractivity contribution in [1.29, 1.82) is 0 Å². The molecule has 0 fully saturated rings. The van der Waals surface area contributed by atoms with Crippen molar-refractivity contribution < 1.29 is 0 Å². The average molecular weight is 323 g/mol. The number of aryl methyl sites for hydroxylation is 2. The number of halogens is 1. The van der Waals surface area contributed by atoms with Gasteiger partial charge in [-0.2, -0.15) is 5.10 Å². The standard InChI is InChI=1S/C12H11BrN4S/c13-9-2-3-11-10(8-9)15-12(18)17(11)7-6-16-5-1-4-14-16/h1-5,8H,6-7H2,(H,15,18). The Balaban J connectivity index is 1.96. The van der Waals surface area contributed by atoms with Crippen LogP contribution in [0.3, 0.4) is 0 Å². The summed E-state index contributed by atoms with van der Waals surface area (Å²) in [5, 5.41) is 4.19. The first kappa shape index (κ1) is 11.7. The van der Waals surface area contributed by atoms with Gasteiger partial charge in [-0.25, -0.2) is 0 Å². The van der Waals surface area contributed by atoms with Crippen molar-refractivity contribution >= 4 is 39.2 Å². The van der Waals surface area contributed by atoms with E-state index in [4.69, 9.17) is 12.2 Å². The molecule has 0 spiro atoms. The van der Waals surface area contributed by atoms with Crippen LogP contribution >= 0.6 is 28.1 Å². The van der Waals surface area contributed by atoms with Crippen LogP contribution in [0.2, 0.25) is 0 Å². The van der Waals surface area contributed by atoms with Gasteiger partial charge in [0.05, 0.1) is 17.6 Å². The van der Waals surface area contributed by atoms with Gasteiger partial charge in [0.1, 0.15) is 0 Å². The van der Waals surface area contributed by atoms with Crippen LogP contribution in [0.5, 0.6) is 0 Å². The molecule has 0 radical (unpaired) electrons. The SMILES string of the molecule is S=c1[nH]c2cc(Br)ccc2n1CCn1cccn1. The number of hydrogen-bond acceptors (Lipinski definition) is 2. The van der Waals surface area contributed by atoms with E-state index in [0.29, 0.717) is 0 Å². The summed E-state index contributed by atoms with van der Waals surface area (Å²) in [5.74, 6) is 0. The van der Waals surface area contributed by atoms with E-state index in [0.717, 1.165) is 33.4 Å². The van der Waals surface area contributed by atoms with Gasteiger partial charge in [-0.3, -0.25) is 4.68 Å². The van der Waals surface area contributed by atoms with Gasteiger partial charge >= 0.3 is 0 Å². The van der Waals surface area contributed by atoms with Crippen LogP contribution in [0, 0.1) is 4.77 Å². The largest absolute Gasteiger partial charge is 0.331 e. The first-order chi connectivity index (χ1) is 8.74. The molecule has 18 heavy (non-hydrogen) atoms. The summed E-state index contributed by atoms with van der Waals surface area (Å²) in [4.78, 5) is 3.22. The zero-order valence-electron chi connectivity index (χ0n) is 9.51. The van der Waals surface area contributed by atoms with Crippen molar-refractivity contribution in [2.24, 2.45) is 0 Å². The molecule has 0 saturated heterocycles. The normalized spacial score (nSPS) is 11.2. The van der Waals surface area contributed by atoms with Crippen LogP contribution < -0.4 is 0 Å². The molecule has 3 rings (SSSR count). The van der Waals surface area contributed by atoms with Gasteiger partial charge in [-0.1, -0.05) is 15.9 Å². The monoisotopic (exact) mass is 322 g/mol. The van der Waals surface area contributed by atoms with Gasteiger partial charge in [0.2, 0.25) is 0 Å². The molecule has 6 heteroatoms. The fraction of sp³-hybridized carbons (Fsp3) is 0.167. The Bertz CT molecular complexity index is 726. The molecule has 0 aliphatic rings. The predicted octanol–water partition coefficient (Wildman–Crippen LogP) is 3.36. The number of aromatic nitrogens is 4. The lowest BCUT2D eigenvalue weighted by atomic mass is 10.3. The first-order valence-electron chi connectivity index (χ1n) is 5.59. The van der Waals surface area contributed by atoms with E-state index in [-0.39, 0.29) is 0 Å². The van der Waals surface area contributed by atoms with Gasteiger partial charge in [-0.15, -0.1) is 0 Å². The highest BCUT2D eigenvalue weighted by Crippen LogP contribution is 2.19. The highest BCUT2D eigenvalue weighted by Gasteiger charge is 2.04. The second-order valence-corrected chi connectivity index (χ2v) is 5.31. The molecule has 2 aromatic heterocycles. The molecule has 92 valence electrons. The molecule has 2 heterocycles. The highest BCUT2D eigenvalue weighted by atomic mass is 79.9. The minimum Gasteiger partial charge on any atom is -0.331 e. The maximum atomic E-state index is 5.35. The van der Waals surface area contributed by atoms with Crippen LogP contribution in [0.15, 0.2) is 41.1 Å². The summed E-state index contributed by atoms with van der Waals surface area (Å²) in [6.45, 7) is 1.62. The maximum absolute atomic E-state index is 5.35. The number of nitrogens with one attached hydrogen (secondary N) is 1. The molecule has 0 aliphatic carbocycles. The Morgan fingerprint density at radius 3 is 3.00 bits per heavy atom. The van der Waals surface area contributed by atoms with Gasteiger partial charge in [0.15, 0.2) is 4.77 Å². The molecule has 0 unspecified atom stereocenters. The minimum atomic E-state index is 0.746. The third-order valence-electron chi connectivity index (χ3n) is 2.85. The van der Waals surface area contributed by atoms with Crippen molar-refractivity contribution in [3.05, 3.63) is 45.9 Å². The molecule has 0 aliphatic heterocycles. The van der Waals surface area contributed by atoms with Crippen LogP contribution in [0.4, 0.5) is 0 Å². The number of rotatable bonds is 3. The van der Waals surface area contributed by atoms with Crippen LogP contribution in [-0.2, 0) is 13.1 Å². The number of nitrogens with zero attached hydrogens (tertiary/aromatic N) is 3. The fourth-order valence-corrected chi connectivity index (χ4v) is 2.65. The number of benzene rings is 1. The minimum absolute atomic E-state index is 0.746. The van der Waals surface area contributed by atoms with E-state index in [9.17, 15) is 0 Å². The molecule has 1 N–H and O–H groups in total. The highest BCUT2D eigenvalue weighted by molar-refractivity contribution is 9.10. The second kappa shape index (κ2) is 4.70. The third-order valence-corrected chi connectivity index (χ3v) is 3.66.